The number of benzene rings is 1. The van der Waals surface area contributed by atoms with Gasteiger partial charge in [0.2, 0.25) is 5.91 Å². The number of amides is 1. The summed E-state index contributed by atoms with van der Waals surface area (Å²) in [5, 5.41) is 3.14. The molecule has 0 bridgehead atoms. The van der Waals surface area contributed by atoms with Crippen molar-refractivity contribution in [2.24, 2.45) is 0 Å². The molecule has 0 saturated heterocycles. The summed E-state index contributed by atoms with van der Waals surface area (Å²) >= 11 is 6.84. The Hall–Kier alpha value is -1.40. The quantitative estimate of drug-likeness (QED) is 0.757. The molecule has 1 amide bonds. The summed E-state index contributed by atoms with van der Waals surface area (Å²) in [7, 11) is 1.82. The average Bonchev–Trinajstić information content (AvgIpc) is 2.51. The SMILES string of the molecule is CN(Cc1ccccc1Br)C(=O)CCNc1ccc(Br)cn1. The third-order valence-corrected chi connectivity index (χ3v) is 4.41. The summed E-state index contributed by atoms with van der Waals surface area (Å²) in [6.45, 7) is 1.16. The Kier molecular flexibility index (Phi) is 6.39. The molecule has 2 aromatic rings. The van der Waals surface area contributed by atoms with Gasteiger partial charge in [-0.3, -0.25) is 4.79 Å². The molecule has 0 aliphatic rings. The molecule has 1 aromatic carbocycles. The second kappa shape index (κ2) is 8.29. The number of hydrogen-bond acceptors (Lipinski definition) is 3. The first-order valence-corrected chi connectivity index (χ1v) is 8.47. The predicted octanol–water partition coefficient (Wildman–Crippen LogP) is 4.07. The van der Waals surface area contributed by atoms with Crippen molar-refractivity contribution in [2.75, 3.05) is 18.9 Å². The van der Waals surface area contributed by atoms with E-state index in [-0.39, 0.29) is 5.91 Å². The summed E-state index contributed by atoms with van der Waals surface area (Å²) < 4.78 is 1.95. The fourth-order valence-corrected chi connectivity index (χ4v) is 2.58. The predicted molar refractivity (Wildman–Crippen MR) is 95.7 cm³/mol. The van der Waals surface area contributed by atoms with Crippen molar-refractivity contribution >= 4 is 43.6 Å². The maximum atomic E-state index is 12.1. The Balaban J connectivity index is 1.79. The molecule has 22 heavy (non-hydrogen) atoms. The monoisotopic (exact) mass is 425 g/mol. The molecule has 1 aromatic heterocycles. The van der Waals surface area contributed by atoms with Gasteiger partial charge in [-0.1, -0.05) is 34.1 Å². The molecule has 0 spiro atoms. The number of anilines is 1. The highest BCUT2D eigenvalue weighted by atomic mass is 79.9. The van der Waals surface area contributed by atoms with E-state index in [4.69, 9.17) is 0 Å². The van der Waals surface area contributed by atoms with Gasteiger partial charge < -0.3 is 10.2 Å². The molecule has 4 nitrogen and oxygen atoms in total. The third-order valence-electron chi connectivity index (χ3n) is 3.16. The van der Waals surface area contributed by atoms with Crippen LogP contribution in [0.5, 0.6) is 0 Å². The number of halogens is 2. The third kappa shape index (κ3) is 5.10. The van der Waals surface area contributed by atoms with Gasteiger partial charge in [0.25, 0.3) is 0 Å². The lowest BCUT2D eigenvalue weighted by molar-refractivity contribution is -0.130. The summed E-state index contributed by atoms with van der Waals surface area (Å²) in [5.74, 6) is 0.866. The van der Waals surface area contributed by atoms with Gasteiger partial charge in [-0.15, -0.1) is 0 Å². The lowest BCUT2D eigenvalue weighted by Crippen LogP contribution is -2.28. The van der Waals surface area contributed by atoms with Gasteiger partial charge in [-0.25, -0.2) is 4.98 Å². The Labute approximate surface area is 147 Å². The molecule has 0 saturated carbocycles. The van der Waals surface area contributed by atoms with Crippen LogP contribution in [-0.4, -0.2) is 29.4 Å². The summed E-state index contributed by atoms with van der Waals surface area (Å²) in [4.78, 5) is 18.1. The Morgan fingerprint density at radius 1 is 1.23 bits per heavy atom. The average molecular weight is 427 g/mol. The van der Waals surface area contributed by atoms with E-state index in [2.05, 4.69) is 42.2 Å². The van der Waals surface area contributed by atoms with Crippen molar-refractivity contribution in [1.29, 1.82) is 0 Å². The number of carbonyl (C=O) groups excluding carboxylic acids is 1. The second-order valence-corrected chi connectivity index (χ2v) is 6.65. The van der Waals surface area contributed by atoms with E-state index < -0.39 is 0 Å². The van der Waals surface area contributed by atoms with Crippen LogP contribution in [0.25, 0.3) is 0 Å². The molecule has 2 rings (SSSR count). The normalized spacial score (nSPS) is 10.3. The molecular formula is C16H17Br2N3O. The van der Waals surface area contributed by atoms with Gasteiger partial charge in [0.1, 0.15) is 5.82 Å². The number of rotatable bonds is 6. The lowest BCUT2D eigenvalue weighted by Gasteiger charge is -2.18. The molecule has 0 unspecified atom stereocenters. The van der Waals surface area contributed by atoms with Crippen LogP contribution < -0.4 is 5.32 Å². The molecule has 0 fully saturated rings. The van der Waals surface area contributed by atoms with Gasteiger partial charge in [-0.2, -0.15) is 0 Å². The molecule has 0 radical (unpaired) electrons. The second-order valence-electron chi connectivity index (χ2n) is 4.88. The van der Waals surface area contributed by atoms with Gasteiger partial charge in [-0.05, 0) is 39.7 Å². The highest BCUT2D eigenvalue weighted by molar-refractivity contribution is 9.10. The molecular weight excluding hydrogens is 410 g/mol. The maximum absolute atomic E-state index is 12.1. The number of carbonyl (C=O) groups is 1. The van der Waals surface area contributed by atoms with Gasteiger partial charge >= 0.3 is 0 Å². The zero-order valence-electron chi connectivity index (χ0n) is 12.2. The van der Waals surface area contributed by atoms with Gasteiger partial charge in [0, 0.05) is 41.7 Å². The van der Waals surface area contributed by atoms with Crippen LogP contribution in [0.1, 0.15) is 12.0 Å². The molecule has 1 heterocycles. The van der Waals surface area contributed by atoms with Crippen molar-refractivity contribution in [2.45, 2.75) is 13.0 Å². The minimum Gasteiger partial charge on any atom is -0.370 e. The van der Waals surface area contributed by atoms with E-state index in [9.17, 15) is 4.79 Å². The highest BCUT2D eigenvalue weighted by Gasteiger charge is 2.10. The van der Waals surface area contributed by atoms with E-state index in [0.29, 0.717) is 19.5 Å². The van der Waals surface area contributed by atoms with Crippen molar-refractivity contribution in [3.63, 3.8) is 0 Å². The van der Waals surface area contributed by atoms with Crippen LogP contribution in [0, 0.1) is 0 Å². The highest BCUT2D eigenvalue weighted by Crippen LogP contribution is 2.17. The van der Waals surface area contributed by atoms with Crippen molar-refractivity contribution < 1.29 is 4.79 Å². The van der Waals surface area contributed by atoms with E-state index in [1.807, 2.05) is 43.4 Å². The molecule has 0 aliphatic heterocycles. The van der Waals surface area contributed by atoms with E-state index in [0.717, 1.165) is 20.3 Å². The maximum Gasteiger partial charge on any atom is 0.224 e. The van der Waals surface area contributed by atoms with Crippen LogP contribution in [-0.2, 0) is 11.3 Å². The van der Waals surface area contributed by atoms with Crippen molar-refractivity contribution in [3.8, 4) is 0 Å². The van der Waals surface area contributed by atoms with E-state index >= 15 is 0 Å². The fraction of sp³-hybridized carbons (Fsp3) is 0.250. The zero-order valence-corrected chi connectivity index (χ0v) is 15.4. The van der Waals surface area contributed by atoms with E-state index in [1.54, 1.807) is 11.1 Å². The first-order valence-electron chi connectivity index (χ1n) is 6.89. The summed E-state index contributed by atoms with van der Waals surface area (Å²) in [5.41, 5.74) is 1.10. The number of hydrogen-bond donors (Lipinski definition) is 1. The minimum absolute atomic E-state index is 0.0976. The Morgan fingerprint density at radius 2 is 2.00 bits per heavy atom. The van der Waals surface area contributed by atoms with Crippen LogP contribution >= 0.6 is 31.9 Å². The number of nitrogens with one attached hydrogen (secondary N) is 1. The van der Waals surface area contributed by atoms with Gasteiger partial charge in [0.15, 0.2) is 0 Å². The summed E-state index contributed by atoms with van der Waals surface area (Å²) in [6, 6.07) is 11.7. The van der Waals surface area contributed by atoms with Crippen molar-refractivity contribution in [3.05, 3.63) is 57.1 Å². The van der Waals surface area contributed by atoms with Gasteiger partial charge in [0.05, 0.1) is 0 Å². The summed E-state index contributed by atoms with van der Waals surface area (Å²) in [6.07, 6.45) is 2.15. The topological polar surface area (TPSA) is 45.2 Å². The molecule has 0 aliphatic carbocycles. The zero-order chi connectivity index (χ0) is 15.9. The lowest BCUT2D eigenvalue weighted by atomic mass is 10.2. The first-order chi connectivity index (χ1) is 10.6. The van der Waals surface area contributed by atoms with Crippen molar-refractivity contribution in [1.82, 2.24) is 9.88 Å². The van der Waals surface area contributed by atoms with Crippen LogP contribution in [0.4, 0.5) is 5.82 Å². The number of nitrogens with zero attached hydrogens (tertiary/aromatic N) is 2. The first kappa shape index (κ1) is 17.0. The Bertz CT molecular complexity index is 632. The van der Waals surface area contributed by atoms with Crippen LogP contribution in [0.15, 0.2) is 51.5 Å². The minimum atomic E-state index is 0.0976. The fourth-order valence-electron chi connectivity index (χ4n) is 1.94. The smallest absolute Gasteiger partial charge is 0.224 e. The van der Waals surface area contributed by atoms with E-state index in [1.165, 1.54) is 0 Å². The number of pyridine rings is 1. The molecule has 0 atom stereocenters. The molecule has 1 N–H and O–H groups in total. The Morgan fingerprint density at radius 3 is 2.68 bits per heavy atom. The molecule has 116 valence electrons. The number of aromatic nitrogens is 1. The largest absolute Gasteiger partial charge is 0.370 e. The van der Waals surface area contributed by atoms with Crippen LogP contribution in [0.2, 0.25) is 0 Å². The standard InChI is InChI=1S/C16H17Br2N3O/c1-21(11-12-4-2-3-5-14(12)18)16(22)8-9-19-15-7-6-13(17)10-20-15/h2-7,10H,8-9,11H2,1H3,(H,19,20). The molecule has 6 heteroatoms. The van der Waals surface area contributed by atoms with Crippen LogP contribution in [0.3, 0.4) is 0 Å².